The molecule has 2 N–H and O–H groups in total. The van der Waals surface area contributed by atoms with Gasteiger partial charge in [-0.3, -0.25) is 4.90 Å². The van der Waals surface area contributed by atoms with Crippen molar-refractivity contribution >= 4 is 6.03 Å². The Kier molecular flexibility index (Phi) is 6.32. The van der Waals surface area contributed by atoms with Gasteiger partial charge in [0.15, 0.2) is 0 Å². The number of rotatable bonds is 5. The minimum Gasteiger partial charge on any atom is -0.395 e. The molecule has 0 unspecified atom stereocenters. The highest BCUT2D eigenvalue weighted by molar-refractivity contribution is 5.74. The topological polar surface area (TPSA) is 55.8 Å². The molecular weight excluding hydrogens is 314 g/mol. The number of aliphatic hydroxyl groups is 1. The van der Waals surface area contributed by atoms with E-state index in [4.69, 9.17) is 0 Å². The zero-order valence-corrected chi connectivity index (χ0v) is 15.3. The van der Waals surface area contributed by atoms with E-state index in [1.165, 1.54) is 17.5 Å². The fourth-order valence-corrected chi connectivity index (χ4v) is 4.07. The molecule has 0 bridgehead atoms. The van der Waals surface area contributed by atoms with Crippen molar-refractivity contribution in [3.05, 3.63) is 35.4 Å². The van der Waals surface area contributed by atoms with Crippen molar-refractivity contribution in [3.63, 3.8) is 0 Å². The summed E-state index contributed by atoms with van der Waals surface area (Å²) in [7, 11) is 0. The maximum absolute atomic E-state index is 12.4. The Balaban J connectivity index is 1.58. The summed E-state index contributed by atoms with van der Waals surface area (Å²) in [4.78, 5) is 16.7. The van der Waals surface area contributed by atoms with E-state index in [2.05, 4.69) is 35.3 Å². The Morgan fingerprint density at radius 3 is 2.72 bits per heavy atom. The Labute approximate surface area is 151 Å². The second-order valence-corrected chi connectivity index (χ2v) is 7.57. The van der Waals surface area contributed by atoms with Crippen LogP contribution in [-0.2, 0) is 13.1 Å². The largest absolute Gasteiger partial charge is 0.395 e. The smallest absolute Gasteiger partial charge is 0.317 e. The van der Waals surface area contributed by atoms with Crippen LogP contribution in [-0.4, -0.2) is 53.2 Å². The van der Waals surface area contributed by atoms with Gasteiger partial charge in [0.2, 0.25) is 0 Å². The number of piperidine rings is 1. The van der Waals surface area contributed by atoms with Crippen molar-refractivity contribution in [2.24, 2.45) is 5.92 Å². The van der Waals surface area contributed by atoms with Gasteiger partial charge in [0, 0.05) is 32.2 Å². The highest BCUT2D eigenvalue weighted by Crippen LogP contribution is 2.21. The molecule has 3 rings (SSSR count). The number of hydrogen-bond donors (Lipinski definition) is 2. The van der Waals surface area contributed by atoms with E-state index in [0.29, 0.717) is 12.5 Å². The molecule has 0 spiro atoms. The summed E-state index contributed by atoms with van der Waals surface area (Å²) in [5.41, 5.74) is 2.42. The number of hydrogen-bond acceptors (Lipinski definition) is 3. The highest BCUT2D eigenvalue weighted by atomic mass is 16.3. The monoisotopic (exact) mass is 345 g/mol. The maximum atomic E-state index is 12.4. The predicted molar refractivity (Wildman–Crippen MR) is 99.2 cm³/mol. The number of aliphatic hydroxyl groups excluding tert-OH is 1. The molecule has 2 atom stereocenters. The SMILES string of the molecule is C[C@H]1CCCN(C(=O)NCc2ccccc2CN2CCC[C@@H]2CO)C1. The van der Waals surface area contributed by atoms with Crippen LogP contribution in [0.2, 0.25) is 0 Å². The lowest BCUT2D eigenvalue weighted by molar-refractivity contribution is 0.153. The lowest BCUT2D eigenvalue weighted by Crippen LogP contribution is -2.44. The Hall–Kier alpha value is -1.59. The average Bonchev–Trinajstić information content (AvgIpc) is 3.08. The zero-order valence-electron chi connectivity index (χ0n) is 15.3. The van der Waals surface area contributed by atoms with Crippen LogP contribution < -0.4 is 5.32 Å². The Morgan fingerprint density at radius 1 is 1.20 bits per heavy atom. The van der Waals surface area contributed by atoms with Gasteiger partial charge in [0.25, 0.3) is 0 Å². The highest BCUT2D eigenvalue weighted by Gasteiger charge is 2.24. The molecule has 138 valence electrons. The molecule has 0 aliphatic carbocycles. The van der Waals surface area contributed by atoms with Crippen LogP contribution in [0.25, 0.3) is 0 Å². The second kappa shape index (κ2) is 8.68. The molecule has 0 saturated carbocycles. The predicted octanol–water partition coefficient (Wildman–Crippen LogP) is 2.58. The van der Waals surface area contributed by atoms with Crippen molar-refractivity contribution in [2.75, 3.05) is 26.2 Å². The molecule has 2 saturated heterocycles. The fourth-order valence-electron chi connectivity index (χ4n) is 4.07. The lowest BCUT2D eigenvalue weighted by Gasteiger charge is -2.31. The number of urea groups is 1. The number of nitrogens with zero attached hydrogens (tertiary/aromatic N) is 2. The van der Waals surface area contributed by atoms with Crippen molar-refractivity contribution in [1.29, 1.82) is 0 Å². The third kappa shape index (κ3) is 4.73. The van der Waals surface area contributed by atoms with E-state index in [0.717, 1.165) is 45.4 Å². The summed E-state index contributed by atoms with van der Waals surface area (Å²) >= 11 is 0. The van der Waals surface area contributed by atoms with Crippen molar-refractivity contribution in [1.82, 2.24) is 15.1 Å². The van der Waals surface area contributed by atoms with Crippen LogP contribution in [0.4, 0.5) is 4.79 Å². The number of likely N-dealkylation sites (tertiary alicyclic amines) is 2. The number of nitrogens with one attached hydrogen (secondary N) is 1. The standard InChI is InChI=1S/C20H31N3O2/c1-16-6-4-11-23(13-16)20(25)21-12-17-7-2-3-8-18(17)14-22-10-5-9-19(22)15-24/h2-3,7-8,16,19,24H,4-6,9-15H2,1H3,(H,21,25)/t16-,19+/m0/s1. The van der Waals surface area contributed by atoms with Gasteiger partial charge in [-0.2, -0.15) is 0 Å². The molecule has 1 aromatic rings. The van der Waals surface area contributed by atoms with Crippen molar-refractivity contribution < 1.29 is 9.90 Å². The van der Waals surface area contributed by atoms with Gasteiger partial charge in [-0.25, -0.2) is 4.79 Å². The van der Waals surface area contributed by atoms with Crippen molar-refractivity contribution in [2.45, 2.75) is 51.7 Å². The number of amides is 2. The first-order chi connectivity index (χ1) is 12.2. The normalized spacial score (nSPS) is 24.5. The average molecular weight is 345 g/mol. The van der Waals surface area contributed by atoms with Crippen LogP contribution in [0, 0.1) is 5.92 Å². The van der Waals surface area contributed by atoms with Gasteiger partial charge in [0.1, 0.15) is 0 Å². The number of carbonyl (C=O) groups is 1. The van der Waals surface area contributed by atoms with E-state index in [1.807, 2.05) is 11.0 Å². The fraction of sp³-hybridized carbons (Fsp3) is 0.650. The van der Waals surface area contributed by atoms with Crippen LogP contribution in [0.5, 0.6) is 0 Å². The van der Waals surface area contributed by atoms with Crippen LogP contribution in [0.1, 0.15) is 43.7 Å². The summed E-state index contributed by atoms with van der Waals surface area (Å²) in [5, 5.41) is 12.6. The number of benzene rings is 1. The molecule has 5 heteroatoms. The van der Waals surface area contributed by atoms with E-state index < -0.39 is 0 Å². The summed E-state index contributed by atoms with van der Waals surface area (Å²) in [6.07, 6.45) is 4.54. The van der Waals surface area contributed by atoms with Gasteiger partial charge in [-0.1, -0.05) is 31.2 Å². The molecule has 0 radical (unpaired) electrons. The van der Waals surface area contributed by atoms with Crippen LogP contribution >= 0.6 is 0 Å². The van der Waals surface area contributed by atoms with Crippen LogP contribution in [0.15, 0.2) is 24.3 Å². The van der Waals surface area contributed by atoms with Crippen molar-refractivity contribution in [3.8, 4) is 0 Å². The molecule has 1 aromatic carbocycles. The molecule has 2 fully saturated rings. The quantitative estimate of drug-likeness (QED) is 0.862. The number of carbonyl (C=O) groups excluding carboxylic acids is 1. The van der Waals surface area contributed by atoms with Crippen LogP contribution in [0.3, 0.4) is 0 Å². The summed E-state index contributed by atoms with van der Waals surface area (Å²) in [6, 6.07) is 8.64. The Bertz CT molecular complexity index is 578. The first-order valence-corrected chi connectivity index (χ1v) is 9.62. The maximum Gasteiger partial charge on any atom is 0.317 e. The molecule has 5 nitrogen and oxygen atoms in total. The second-order valence-electron chi connectivity index (χ2n) is 7.57. The van der Waals surface area contributed by atoms with Gasteiger partial charge >= 0.3 is 6.03 Å². The third-order valence-corrected chi connectivity index (χ3v) is 5.58. The first-order valence-electron chi connectivity index (χ1n) is 9.62. The summed E-state index contributed by atoms with van der Waals surface area (Å²) in [5.74, 6) is 0.595. The molecule has 2 aliphatic heterocycles. The Morgan fingerprint density at radius 2 is 1.96 bits per heavy atom. The zero-order chi connectivity index (χ0) is 17.6. The van der Waals surface area contributed by atoms with Gasteiger partial charge < -0.3 is 15.3 Å². The molecule has 25 heavy (non-hydrogen) atoms. The molecule has 2 amide bonds. The molecular formula is C20H31N3O2. The summed E-state index contributed by atoms with van der Waals surface area (Å²) in [6.45, 7) is 6.62. The molecule has 0 aromatic heterocycles. The first kappa shape index (κ1) is 18.2. The summed E-state index contributed by atoms with van der Waals surface area (Å²) < 4.78 is 0. The lowest BCUT2D eigenvalue weighted by atomic mass is 10.0. The minimum atomic E-state index is 0.0516. The molecule has 2 aliphatic rings. The van der Waals surface area contributed by atoms with E-state index in [1.54, 1.807) is 0 Å². The van der Waals surface area contributed by atoms with Gasteiger partial charge in [0.05, 0.1) is 6.61 Å². The van der Waals surface area contributed by atoms with Gasteiger partial charge in [-0.15, -0.1) is 0 Å². The third-order valence-electron chi connectivity index (χ3n) is 5.58. The van der Waals surface area contributed by atoms with E-state index in [9.17, 15) is 9.90 Å². The van der Waals surface area contributed by atoms with Gasteiger partial charge in [-0.05, 0) is 49.3 Å². The molecule has 2 heterocycles. The van der Waals surface area contributed by atoms with E-state index >= 15 is 0 Å². The van der Waals surface area contributed by atoms with E-state index in [-0.39, 0.29) is 18.7 Å². The minimum absolute atomic E-state index is 0.0516.